The maximum atomic E-state index is 13.0. The molecule has 92 valence electrons. The fourth-order valence-electron chi connectivity index (χ4n) is 2.07. The fourth-order valence-corrected chi connectivity index (χ4v) is 2.35. The van der Waals surface area contributed by atoms with Gasteiger partial charge in [-0.2, -0.15) is 0 Å². The topological polar surface area (TPSA) is 21.3 Å². The predicted molar refractivity (Wildman–Crippen MR) is 66.5 cm³/mol. The van der Waals surface area contributed by atoms with Crippen LogP contribution < -0.4 is 5.32 Å². The van der Waals surface area contributed by atoms with Crippen LogP contribution in [0, 0.1) is 5.82 Å². The van der Waals surface area contributed by atoms with Crippen LogP contribution >= 0.6 is 11.6 Å². The van der Waals surface area contributed by atoms with Crippen molar-refractivity contribution in [1.82, 2.24) is 5.32 Å². The van der Waals surface area contributed by atoms with Gasteiger partial charge < -0.3 is 10.1 Å². The van der Waals surface area contributed by atoms with Crippen molar-refractivity contribution >= 4 is 11.6 Å². The molecule has 1 unspecified atom stereocenters. The molecular weight excluding hydrogens is 241 g/mol. The monoisotopic (exact) mass is 255 g/mol. The van der Waals surface area contributed by atoms with Crippen LogP contribution in [0.5, 0.6) is 0 Å². The van der Waals surface area contributed by atoms with Crippen LogP contribution in [0.25, 0.3) is 0 Å². The zero-order valence-electron chi connectivity index (χ0n) is 9.67. The van der Waals surface area contributed by atoms with Crippen LogP contribution in [0.15, 0.2) is 30.0 Å². The summed E-state index contributed by atoms with van der Waals surface area (Å²) in [6, 6.07) is 4.47. The van der Waals surface area contributed by atoms with Gasteiger partial charge in [-0.15, -0.1) is 0 Å². The van der Waals surface area contributed by atoms with Crippen LogP contribution in [-0.2, 0) is 4.74 Å². The van der Waals surface area contributed by atoms with Crippen LogP contribution in [0.2, 0.25) is 5.02 Å². The largest absolute Gasteiger partial charge is 0.501 e. The molecule has 4 heteroatoms. The van der Waals surface area contributed by atoms with E-state index in [2.05, 4.69) is 5.32 Å². The summed E-state index contributed by atoms with van der Waals surface area (Å²) in [6.07, 6.45) is 3.76. The summed E-state index contributed by atoms with van der Waals surface area (Å²) in [4.78, 5) is 0. The molecule has 0 saturated heterocycles. The Balaban J connectivity index is 2.31. The van der Waals surface area contributed by atoms with E-state index in [0.717, 1.165) is 30.6 Å². The summed E-state index contributed by atoms with van der Waals surface area (Å²) in [7, 11) is 1.86. The van der Waals surface area contributed by atoms with Crippen LogP contribution in [0.4, 0.5) is 4.39 Å². The number of nitrogens with one attached hydrogen (secondary N) is 1. The van der Waals surface area contributed by atoms with Crippen molar-refractivity contribution in [2.24, 2.45) is 0 Å². The summed E-state index contributed by atoms with van der Waals surface area (Å²) in [5.74, 6) is -0.317. The van der Waals surface area contributed by atoms with E-state index >= 15 is 0 Å². The third-order valence-corrected chi connectivity index (χ3v) is 3.22. The van der Waals surface area contributed by atoms with Gasteiger partial charge in [-0.25, -0.2) is 4.39 Å². The first-order chi connectivity index (χ1) is 8.22. The van der Waals surface area contributed by atoms with Crippen molar-refractivity contribution in [1.29, 1.82) is 0 Å². The number of hydrogen-bond donors (Lipinski definition) is 1. The van der Waals surface area contributed by atoms with Gasteiger partial charge in [0.2, 0.25) is 0 Å². The molecule has 0 fully saturated rings. The van der Waals surface area contributed by atoms with Crippen LogP contribution in [0.3, 0.4) is 0 Å². The van der Waals surface area contributed by atoms with E-state index < -0.39 is 0 Å². The fraction of sp³-hybridized carbons (Fsp3) is 0.385. The van der Waals surface area contributed by atoms with E-state index in [9.17, 15) is 4.39 Å². The minimum Gasteiger partial charge on any atom is -0.501 e. The van der Waals surface area contributed by atoms with Crippen molar-refractivity contribution in [3.63, 3.8) is 0 Å². The molecule has 1 aromatic rings. The summed E-state index contributed by atoms with van der Waals surface area (Å²) in [5.41, 5.74) is 2.03. The van der Waals surface area contributed by atoms with Gasteiger partial charge in [0.15, 0.2) is 0 Å². The molecule has 0 radical (unpaired) electrons. The Hall–Kier alpha value is -1.06. The third kappa shape index (κ3) is 2.79. The van der Waals surface area contributed by atoms with Crippen molar-refractivity contribution in [2.75, 3.05) is 13.7 Å². The maximum absolute atomic E-state index is 13.0. The smallest absolute Gasteiger partial charge is 0.124 e. The van der Waals surface area contributed by atoms with E-state index in [1.165, 1.54) is 12.1 Å². The Kier molecular flexibility index (Phi) is 4.02. The Bertz CT molecular complexity index is 433. The standard InChI is InChI=1S/C13H15ClFNO/c1-16-13(9-3-2-6-17-8-9)11-5-4-10(15)7-12(11)14/h4-5,7-8,13,16H,2-3,6H2,1H3. The molecule has 2 nitrogen and oxygen atoms in total. The third-order valence-electron chi connectivity index (χ3n) is 2.90. The van der Waals surface area contributed by atoms with Gasteiger partial charge in [0, 0.05) is 5.02 Å². The highest BCUT2D eigenvalue weighted by atomic mass is 35.5. The molecule has 0 saturated carbocycles. The normalized spacial score (nSPS) is 17.2. The lowest BCUT2D eigenvalue weighted by Crippen LogP contribution is -2.21. The molecule has 1 aliphatic heterocycles. The highest BCUT2D eigenvalue weighted by Crippen LogP contribution is 2.32. The summed E-state index contributed by atoms with van der Waals surface area (Å²) >= 11 is 6.07. The minimum absolute atomic E-state index is 0.0107. The molecule has 2 rings (SSSR count). The zero-order chi connectivity index (χ0) is 12.3. The Labute approximate surface area is 105 Å². The Morgan fingerprint density at radius 3 is 2.88 bits per heavy atom. The molecule has 1 N–H and O–H groups in total. The van der Waals surface area contributed by atoms with Crippen molar-refractivity contribution < 1.29 is 9.13 Å². The maximum Gasteiger partial charge on any atom is 0.124 e. The summed E-state index contributed by atoms with van der Waals surface area (Å²) < 4.78 is 18.3. The second-order valence-corrected chi connectivity index (χ2v) is 4.46. The molecule has 1 atom stereocenters. The number of hydrogen-bond acceptors (Lipinski definition) is 2. The first-order valence-corrected chi connectivity index (χ1v) is 6.03. The molecule has 17 heavy (non-hydrogen) atoms. The van der Waals surface area contributed by atoms with E-state index in [0.29, 0.717) is 5.02 Å². The second kappa shape index (κ2) is 5.52. The SMILES string of the molecule is CNC(C1=COCCC1)c1ccc(F)cc1Cl. The molecular formula is C13H15ClFNO. The summed E-state index contributed by atoms with van der Waals surface area (Å²) in [6.45, 7) is 0.761. The first-order valence-electron chi connectivity index (χ1n) is 5.65. The highest BCUT2D eigenvalue weighted by molar-refractivity contribution is 6.31. The quantitative estimate of drug-likeness (QED) is 0.894. The van der Waals surface area contributed by atoms with Crippen molar-refractivity contribution in [3.05, 3.63) is 46.4 Å². The molecule has 0 amide bonds. The van der Waals surface area contributed by atoms with Crippen LogP contribution in [-0.4, -0.2) is 13.7 Å². The van der Waals surface area contributed by atoms with E-state index in [1.807, 2.05) is 7.05 Å². The second-order valence-electron chi connectivity index (χ2n) is 4.05. The molecule has 1 aromatic carbocycles. The zero-order valence-corrected chi connectivity index (χ0v) is 10.4. The number of likely N-dealkylation sites (N-methyl/N-ethyl adjacent to an activating group) is 1. The van der Waals surface area contributed by atoms with Crippen molar-refractivity contribution in [2.45, 2.75) is 18.9 Å². The molecule has 0 bridgehead atoms. The van der Waals surface area contributed by atoms with Gasteiger partial charge in [-0.3, -0.25) is 0 Å². The van der Waals surface area contributed by atoms with Gasteiger partial charge >= 0.3 is 0 Å². The van der Waals surface area contributed by atoms with E-state index in [1.54, 1.807) is 12.3 Å². The van der Waals surface area contributed by atoms with Gasteiger partial charge in [0.1, 0.15) is 5.82 Å². The number of halogens is 2. The van der Waals surface area contributed by atoms with E-state index in [4.69, 9.17) is 16.3 Å². The molecule has 0 aliphatic carbocycles. The average Bonchev–Trinajstić information content (AvgIpc) is 2.34. The highest BCUT2D eigenvalue weighted by Gasteiger charge is 2.19. The van der Waals surface area contributed by atoms with Gasteiger partial charge in [0.25, 0.3) is 0 Å². The summed E-state index contributed by atoms with van der Waals surface area (Å²) in [5, 5.41) is 3.63. The molecule has 0 aromatic heterocycles. The lowest BCUT2D eigenvalue weighted by atomic mass is 9.95. The van der Waals surface area contributed by atoms with Crippen molar-refractivity contribution in [3.8, 4) is 0 Å². The predicted octanol–water partition coefficient (Wildman–Crippen LogP) is 3.43. The minimum atomic E-state index is -0.317. The number of rotatable bonds is 3. The Morgan fingerprint density at radius 1 is 1.47 bits per heavy atom. The van der Waals surface area contributed by atoms with Gasteiger partial charge in [-0.1, -0.05) is 17.7 Å². The average molecular weight is 256 g/mol. The van der Waals surface area contributed by atoms with E-state index in [-0.39, 0.29) is 11.9 Å². The lowest BCUT2D eigenvalue weighted by Gasteiger charge is -2.24. The van der Waals surface area contributed by atoms with Gasteiger partial charge in [-0.05, 0) is 43.2 Å². The van der Waals surface area contributed by atoms with Gasteiger partial charge in [0.05, 0.1) is 18.9 Å². The molecule has 1 heterocycles. The number of benzene rings is 1. The van der Waals surface area contributed by atoms with Crippen LogP contribution in [0.1, 0.15) is 24.4 Å². The number of ether oxygens (including phenoxy) is 1. The molecule has 0 spiro atoms. The lowest BCUT2D eigenvalue weighted by molar-refractivity contribution is 0.220. The molecule has 1 aliphatic rings. The first kappa shape index (κ1) is 12.4. The Morgan fingerprint density at radius 2 is 2.29 bits per heavy atom.